The Morgan fingerprint density at radius 2 is 1.80 bits per heavy atom. The van der Waals surface area contributed by atoms with E-state index < -0.39 is 10.8 Å². The van der Waals surface area contributed by atoms with E-state index in [9.17, 15) is 8.60 Å². The fourth-order valence-corrected chi connectivity index (χ4v) is 2.94. The molecule has 2 aromatic rings. The van der Waals surface area contributed by atoms with Gasteiger partial charge in [-0.1, -0.05) is 12.1 Å². The highest BCUT2D eigenvalue weighted by Crippen LogP contribution is 2.28. The molecule has 3 nitrogen and oxygen atoms in total. The summed E-state index contributed by atoms with van der Waals surface area (Å²) in [6, 6.07) is 11.2. The van der Waals surface area contributed by atoms with E-state index in [0.29, 0.717) is 22.1 Å². The van der Waals surface area contributed by atoms with Crippen molar-refractivity contribution in [2.45, 2.75) is 10.6 Å². The number of methoxy groups -OCH3 is 2. The van der Waals surface area contributed by atoms with Crippen molar-refractivity contribution in [3.63, 3.8) is 0 Å². The van der Waals surface area contributed by atoms with Crippen LogP contribution in [0.3, 0.4) is 0 Å². The molecular formula is C15H15FO3S. The summed E-state index contributed by atoms with van der Waals surface area (Å²) in [5.41, 5.74) is 0.838. The summed E-state index contributed by atoms with van der Waals surface area (Å²) < 4.78 is 35.7. The first-order chi connectivity index (χ1) is 9.63. The standard InChI is InChI=1S/C15H15FO3S/c1-18-14-7-6-11(8-15(14)19-2)10-20(17)13-5-3-4-12(16)9-13/h3-9H,10H2,1-2H3. The van der Waals surface area contributed by atoms with Crippen molar-refractivity contribution in [3.8, 4) is 11.5 Å². The quantitative estimate of drug-likeness (QED) is 0.850. The van der Waals surface area contributed by atoms with Gasteiger partial charge in [0.2, 0.25) is 0 Å². The van der Waals surface area contributed by atoms with Gasteiger partial charge in [-0.15, -0.1) is 0 Å². The van der Waals surface area contributed by atoms with Crippen LogP contribution in [0, 0.1) is 5.82 Å². The summed E-state index contributed by atoms with van der Waals surface area (Å²) in [6.07, 6.45) is 0. The minimum Gasteiger partial charge on any atom is -0.493 e. The van der Waals surface area contributed by atoms with E-state index in [1.54, 1.807) is 38.5 Å². The molecule has 2 aromatic carbocycles. The molecule has 20 heavy (non-hydrogen) atoms. The lowest BCUT2D eigenvalue weighted by atomic mass is 10.2. The Labute approximate surface area is 119 Å². The maximum absolute atomic E-state index is 13.1. The molecule has 0 amide bonds. The van der Waals surface area contributed by atoms with E-state index >= 15 is 0 Å². The lowest BCUT2D eigenvalue weighted by Gasteiger charge is -2.09. The first kappa shape index (κ1) is 14.5. The molecule has 106 valence electrons. The van der Waals surface area contributed by atoms with Crippen LogP contribution in [0.2, 0.25) is 0 Å². The first-order valence-corrected chi connectivity index (χ1v) is 7.31. The SMILES string of the molecule is COc1ccc(CS(=O)c2cccc(F)c2)cc1OC. The van der Waals surface area contributed by atoms with Crippen LogP contribution in [0.5, 0.6) is 11.5 Å². The molecular weight excluding hydrogens is 279 g/mol. The highest BCUT2D eigenvalue weighted by atomic mass is 32.2. The summed E-state index contributed by atoms with van der Waals surface area (Å²) in [6.45, 7) is 0. The number of hydrogen-bond donors (Lipinski definition) is 0. The van der Waals surface area contributed by atoms with Gasteiger partial charge in [0, 0.05) is 4.90 Å². The van der Waals surface area contributed by atoms with Gasteiger partial charge in [0.1, 0.15) is 5.82 Å². The van der Waals surface area contributed by atoms with Crippen LogP contribution >= 0.6 is 0 Å². The average Bonchev–Trinajstić information content (AvgIpc) is 2.47. The first-order valence-electron chi connectivity index (χ1n) is 5.99. The summed E-state index contributed by atoms with van der Waals surface area (Å²) in [5.74, 6) is 1.11. The van der Waals surface area contributed by atoms with Gasteiger partial charge in [-0.05, 0) is 35.9 Å². The van der Waals surface area contributed by atoms with Gasteiger partial charge in [-0.2, -0.15) is 0 Å². The zero-order valence-corrected chi connectivity index (χ0v) is 12.1. The molecule has 0 fully saturated rings. The molecule has 0 spiro atoms. The van der Waals surface area contributed by atoms with Crippen molar-refractivity contribution < 1.29 is 18.1 Å². The van der Waals surface area contributed by atoms with Gasteiger partial charge in [0.15, 0.2) is 11.5 Å². The van der Waals surface area contributed by atoms with Crippen molar-refractivity contribution in [1.82, 2.24) is 0 Å². The van der Waals surface area contributed by atoms with E-state index in [1.807, 2.05) is 6.07 Å². The van der Waals surface area contributed by atoms with Crippen molar-refractivity contribution in [2.24, 2.45) is 0 Å². The van der Waals surface area contributed by atoms with E-state index in [1.165, 1.54) is 12.1 Å². The number of ether oxygens (including phenoxy) is 2. The van der Waals surface area contributed by atoms with E-state index in [0.717, 1.165) is 5.56 Å². The van der Waals surface area contributed by atoms with Crippen molar-refractivity contribution in [3.05, 3.63) is 53.8 Å². The fourth-order valence-electron chi connectivity index (χ4n) is 1.81. The Bertz CT molecular complexity index is 628. The summed E-state index contributed by atoms with van der Waals surface area (Å²) in [5, 5.41) is 0. The summed E-state index contributed by atoms with van der Waals surface area (Å²) >= 11 is 0. The Balaban J connectivity index is 2.19. The molecule has 0 aliphatic rings. The predicted octanol–water partition coefficient (Wildman–Crippen LogP) is 3.15. The summed E-state index contributed by atoms with van der Waals surface area (Å²) in [7, 11) is 1.80. The van der Waals surface area contributed by atoms with Crippen molar-refractivity contribution in [2.75, 3.05) is 14.2 Å². The van der Waals surface area contributed by atoms with E-state index in [2.05, 4.69) is 0 Å². The minimum absolute atomic E-state index is 0.295. The molecule has 0 radical (unpaired) electrons. The molecule has 0 saturated carbocycles. The smallest absolute Gasteiger partial charge is 0.161 e. The Kier molecular flexibility index (Phi) is 4.74. The third kappa shape index (κ3) is 3.36. The largest absolute Gasteiger partial charge is 0.493 e. The van der Waals surface area contributed by atoms with E-state index in [4.69, 9.17) is 9.47 Å². The fraction of sp³-hybridized carbons (Fsp3) is 0.200. The molecule has 1 unspecified atom stereocenters. The molecule has 0 bridgehead atoms. The maximum Gasteiger partial charge on any atom is 0.161 e. The molecule has 1 atom stereocenters. The lowest BCUT2D eigenvalue weighted by Crippen LogP contribution is -1.98. The number of rotatable bonds is 5. The van der Waals surface area contributed by atoms with Gasteiger partial charge in [-0.25, -0.2) is 4.39 Å². The normalized spacial score (nSPS) is 11.9. The van der Waals surface area contributed by atoms with Crippen LogP contribution in [-0.4, -0.2) is 18.4 Å². The van der Waals surface area contributed by atoms with Crippen molar-refractivity contribution >= 4 is 10.8 Å². The third-order valence-corrected chi connectivity index (χ3v) is 4.18. The second-order valence-corrected chi connectivity index (χ2v) is 5.59. The highest BCUT2D eigenvalue weighted by molar-refractivity contribution is 7.84. The van der Waals surface area contributed by atoms with Crippen molar-refractivity contribution in [1.29, 1.82) is 0 Å². The average molecular weight is 294 g/mol. The zero-order chi connectivity index (χ0) is 14.5. The topological polar surface area (TPSA) is 35.5 Å². The number of hydrogen-bond acceptors (Lipinski definition) is 3. The molecule has 2 rings (SSSR count). The van der Waals surface area contributed by atoms with Gasteiger partial charge < -0.3 is 9.47 Å². The second kappa shape index (κ2) is 6.52. The van der Waals surface area contributed by atoms with Crippen LogP contribution in [0.25, 0.3) is 0 Å². The third-order valence-electron chi connectivity index (χ3n) is 2.80. The highest BCUT2D eigenvalue weighted by Gasteiger charge is 2.09. The lowest BCUT2D eigenvalue weighted by molar-refractivity contribution is 0.354. The monoisotopic (exact) mass is 294 g/mol. The van der Waals surface area contributed by atoms with Gasteiger partial charge >= 0.3 is 0 Å². The minimum atomic E-state index is -1.30. The Hall–Kier alpha value is -1.88. The Morgan fingerprint density at radius 3 is 2.45 bits per heavy atom. The zero-order valence-electron chi connectivity index (χ0n) is 11.3. The molecule has 0 saturated heterocycles. The summed E-state index contributed by atoms with van der Waals surface area (Å²) in [4.78, 5) is 0.472. The van der Waals surface area contributed by atoms with Crippen LogP contribution in [0.4, 0.5) is 4.39 Å². The molecule has 0 aliphatic carbocycles. The molecule has 5 heteroatoms. The van der Waals surface area contributed by atoms with Crippen LogP contribution in [0.1, 0.15) is 5.56 Å². The van der Waals surface area contributed by atoms with E-state index in [-0.39, 0.29) is 5.82 Å². The maximum atomic E-state index is 13.1. The molecule has 0 aromatic heterocycles. The number of benzene rings is 2. The van der Waals surface area contributed by atoms with Gasteiger partial charge in [0.25, 0.3) is 0 Å². The number of halogens is 1. The molecule has 0 N–H and O–H groups in total. The Morgan fingerprint density at radius 1 is 1.05 bits per heavy atom. The van der Waals surface area contributed by atoms with Crippen LogP contribution in [0.15, 0.2) is 47.4 Å². The second-order valence-electron chi connectivity index (χ2n) is 4.14. The van der Waals surface area contributed by atoms with Crippen LogP contribution < -0.4 is 9.47 Å². The van der Waals surface area contributed by atoms with Gasteiger partial charge in [0.05, 0.1) is 30.8 Å². The molecule has 0 aliphatic heterocycles. The predicted molar refractivity (Wildman–Crippen MR) is 76.1 cm³/mol. The molecule has 0 heterocycles. The van der Waals surface area contributed by atoms with Crippen LogP contribution in [-0.2, 0) is 16.6 Å². The van der Waals surface area contributed by atoms with Gasteiger partial charge in [-0.3, -0.25) is 4.21 Å².